The van der Waals surface area contributed by atoms with Crippen LogP contribution in [0.2, 0.25) is 0 Å². The second-order valence-corrected chi connectivity index (χ2v) is 6.12. The van der Waals surface area contributed by atoms with Crippen LogP contribution in [0, 0.1) is 19.8 Å². The zero-order valence-corrected chi connectivity index (χ0v) is 12.4. The molecule has 1 aliphatic carbocycles. The largest absolute Gasteiger partial charge is 0.431 e. The number of aromatic nitrogens is 2. The fourth-order valence-electron chi connectivity index (χ4n) is 1.68. The van der Waals surface area contributed by atoms with Crippen molar-refractivity contribution in [3.05, 3.63) is 22.5 Å². The Morgan fingerprint density at radius 1 is 1.29 bits per heavy atom. The van der Waals surface area contributed by atoms with Gasteiger partial charge in [-0.3, -0.25) is 20.2 Å². The molecule has 0 atom stereocenters. The van der Waals surface area contributed by atoms with Crippen LogP contribution in [0.1, 0.15) is 33.9 Å². The molecule has 0 bridgehead atoms. The van der Waals surface area contributed by atoms with Crippen LogP contribution in [0.5, 0.6) is 0 Å². The van der Waals surface area contributed by atoms with Crippen molar-refractivity contribution in [2.45, 2.75) is 26.7 Å². The number of anilines is 2. The molecule has 0 aliphatic heterocycles. The molecule has 2 N–H and O–H groups in total. The summed E-state index contributed by atoms with van der Waals surface area (Å²) in [6, 6.07) is 0.0450. The molecule has 7 nitrogen and oxygen atoms in total. The Morgan fingerprint density at radius 2 is 2.05 bits per heavy atom. The van der Waals surface area contributed by atoms with Crippen LogP contribution in [0.15, 0.2) is 10.7 Å². The van der Waals surface area contributed by atoms with Crippen LogP contribution in [0.4, 0.5) is 11.1 Å². The molecule has 1 saturated carbocycles. The first-order valence-corrected chi connectivity index (χ1v) is 7.36. The van der Waals surface area contributed by atoms with Gasteiger partial charge in [0.05, 0.1) is 5.69 Å². The third kappa shape index (κ3) is 3.10. The quantitative estimate of drug-likeness (QED) is 0.903. The van der Waals surface area contributed by atoms with Gasteiger partial charge in [0.1, 0.15) is 6.26 Å². The SMILES string of the molecule is Cc1nc(NC(=O)c2coc(NC(=O)C3CC3)n2)sc1C. The highest BCUT2D eigenvalue weighted by Gasteiger charge is 2.30. The van der Waals surface area contributed by atoms with Gasteiger partial charge in [-0.05, 0) is 26.7 Å². The Bertz CT molecular complexity index is 683. The van der Waals surface area contributed by atoms with E-state index in [1.54, 1.807) is 0 Å². The van der Waals surface area contributed by atoms with Gasteiger partial charge in [0, 0.05) is 10.8 Å². The lowest BCUT2D eigenvalue weighted by Gasteiger charge is -1.97. The van der Waals surface area contributed by atoms with E-state index in [2.05, 4.69) is 20.6 Å². The van der Waals surface area contributed by atoms with Crippen molar-refractivity contribution >= 4 is 34.3 Å². The number of nitrogens with zero attached hydrogens (tertiary/aromatic N) is 2. The number of carbonyl (C=O) groups is 2. The molecule has 8 heteroatoms. The number of thiazole rings is 1. The third-order valence-electron chi connectivity index (χ3n) is 3.16. The first kappa shape index (κ1) is 13.7. The molecule has 0 unspecified atom stereocenters. The average molecular weight is 306 g/mol. The van der Waals surface area contributed by atoms with Crippen LogP contribution in [-0.2, 0) is 4.79 Å². The van der Waals surface area contributed by atoms with Gasteiger partial charge in [-0.2, -0.15) is 4.98 Å². The lowest BCUT2D eigenvalue weighted by atomic mass is 10.4. The van der Waals surface area contributed by atoms with E-state index in [1.807, 2.05) is 13.8 Å². The predicted molar refractivity (Wildman–Crippen MR) is 77.4 cm³/mol. The molecule has 0 spiro atoms. The minimum atomic E-state index is -0.417. The molecule has 2 amide bonds. The summed E-state index contributed by atoms with van der Waals surface area (Å²) in [4.78, 5) is 32.8. The van der Waals surface area contributed by atoms with E-state index in [0.29, 0.717) is 5.13 Å². The summed E-state index contributed by atoms with van der Waals surface area (Å²) < 4.78 is 5.08. The van der Waals surface area contributed by atoms with Crippen molar-refractivity contribution in [2.24, 2.45) is 5.92 Å². The van der Waals surface area contributed by atoms with Gasteiger partial charge in [-0.1, -0.05) is 0 Å². The highest BCUT2D eigenvalue weighted by molar-refractivity contribution is 7.15. The Labute approximate surface area is 124 Å². The molecule has 2 heterocycles. The van der Waals surface area contributed by atoms with E-state index >= 15 is 0 Å². The standard InChI is InChI=1S/C13H14N4O3S/c1-6-7(2)21-13(14-6)17-11(19)9-5-20-12(15-9)16-10(18)8-3-4-8/h5,8H,3-4H2,1-2H3,(H,14,17,19)(H,15,16,18). The monoisotopic (exact) mass is 306 g/mol. The maximum Gasteiger partial charge on any atom is 0.302 e. The van der Waals surface area contributed by atoms with Gasteiger partial charge in [0.15, 0.2) is 10.8 Å². The van der Waals surface area contributed by atoms with Crippen LogP contribution >= 0.6 is 11.3 Å². The first-order valence-electron chi connectivity index (χ1n) is 6.54. The Morgan fingerprint density at radius 3 is 2.67 bits per heavy atom. The van der Waals surface area contributed by atoms with Crippen LogP contribution < -0.4 is 10.6 Å². The Kier molecular flexibility index (Phi) is 3.46. The molecule has 0 saturated heterocycles. The molecule has 2 aromatic heterocycles. The number of hydrogen-bond donors (Lipinski definition) is 2. The van der Waals surface area contributed by atoms with Gasteiger partial charge in [-0.15, -0.1) is 11.3 Å². The van der Waals surface area contributed by atoms with Crippen molar-refractivity contribution in [1.82, 2.24) is 9.97 Å². The lowest BCUT2D eigenvalue weighted by molar-refractivity contribution is -0.117. The topological polar surface area (TPSA) is 97.1 Å². The van der Waals surface area contributed by atoms with E-state index in [0.717, 1.165) is 23.4 Å². The van der Waals surface area contributed by atoms with Gasteiger partial charge in [0.25, 0.3) is 5.91 Å². The van der Waals surface area contributed by atoms with E-state index < -0.39 is 5.91 Å². The molecule has 3 rings (SSSR count). The second kappa shape index (κ2) is 5.28. The summed E-state index contributed by atoms with van der Waals surface area (Å²) in [5, 5.41) is 5.72. The third-order valence-corrected chi connectivity index (χ3v) is 4.15. The number of hydrogen-bond acceptors (Lipinski definition) is 6. The predicted octanol–water partition coefficient (Wildman–Crippen LogP) is 2.35. The summed E-state index contributed by atoms with van der Waals surface area (Å²) in [5.74, 6) is -0.482. The fraction of sp³-hybridized carbons (Fsp3) is 0.385. The Hall–Kier alpha value is -2.22. The van der Waals surface area contributed by atoms with Crippen molar-refractivity contribution in [3.63, 3.8) is 0 Å². The smallest absolute Gasteiger partial charge is 0.302 e. The summed E-state index contributed by atoms with van der Waals surface area (Å²) >= 11 is 1.40. The number of carbonyl (C=O) groups excluding carboxylic acids is 2. The summed E-state index contributed by atoms with van der Waals surface area (Å²) in [6.45, 7) is 3.81. The van der Waals surface area contributed by atoms with E-state index in [-0.39, 0.29) is 23.5 Å². The zero-order chi connectivity index (χ0) is 15.0. The molecule has 110 valence electrons. The number of oxazole rings is 1. The van der Waals surface area contributed by atoms with Crippen molar-refractivity contribution < 1.29 is 14.0 Å². The van der Waals surface area contributed by atoms with Crippen molar-refractivity contribution in [3.8, 4) is 0 Å². The second-order valence-electron chi connectivity index (χ2n) is 4.92. The van der Waals surface area contributed by atoms with E-state index in [9.17, 15) is 9.59 Å². The Balaban J connectivity index is 1.64. The molecule has 1 fully saturated rings. The average Bonchev–Trinajstić information content (AvgIpc) is 3.11. The van der Waals surface area contributed by atoms with Gasteiger partial charge < -0.3 is 4.42 Å². The normalized spacial score (nSPS) is 14.0. The van der Waals surface area contributed by atoms with Crippen LogP contribution in [-0.4, -0.2) is 21.8 Å². The molecular weight excluding hydrogens is 292 g/mol. The zero-order valence-electron chi connectivity index (χ0n) is 11.6. The molecule has 0 radical (unpaired) electrons. The number of amides is 2. The van der Waals surface area contributed by atoms with Gasteiger partial charge in [-0.25, -0.2) is 4.98 Å². The van der Waals surface area contributed by atoms with E-state index in [1.165, 1.54) is 17.6 Å². The molecular formula is C13H14N4O3S. The molecule has 1 aliphatic rings. The van der Waals surface area contributed by atoms with Crippen LogP contribution in [0.25, 0.3) is 0 Å². The van der Waals surface area contributed by atoms with Crippen molar-refractivity contribution in [2.75, 3.05) is 10.6 Å². The van der Waals surface area contributed by atoms with Crippen LogP contribution in [0.3, 0.4) is 0 Å². The lowest BCUT2D eigenvalue weighted by Crippen LogP contribution is -2.15. The highest BCUT2D eigenvalue weighted by atomic mass is 32.1. The summed E-state index contributed by atoms with van der Waals surface area (Å²) in [5.41, 5.74) is 0.986. The number of aryl methyl sites for hydroxylation is 2. The van der Waals surface area contributed by atoms with E-state index in [4.69, 9.17) is 4.42 Å². The minimum Gasteiger partial charge on any atom is -0.431 e. The summed E-state index contributed by atoms with van der Waals surface area (Å²) in [6.07, 6.45) is 3.00. The molecule has 21 heavy (non-hydrogen) atoms. The van der Waals surface area contributed by atoms with Gasteiger partial charge in [0.2, 0.25) is 5.91 Å². The maximum atomic E-state index is 12.0. The highest BCUT2D eigenvalue weighted by Crippen LogP contribution is 2.30. The molecule has 0 aromatic carbocycles. The molecule has 2 aromatic rings. The first-order chi connectivity index (χ1) is 10.0. The van der Waals surface area contributed by atoms with Crippen molar-refractivity contribution in [1.29, 1.82) is 0 Å². The minimum absolute atomic E-state index is 0.0450. The maximum absolute atomic E-state index is 12.0. The number of rotatable bonds is 4. The fourth-order valence-corrected chi connectivity index (χ4v) is 2.49. The summed E-state index contributed by atoms with van der Waals surface area (Å²) in [7, 11) is 0. The van der Waals surface area contributed by atoms with Gasteiger partial charge >= 0.3 is 6.01 Å². The number of nitrogens with one attached hydrogen (secondary N) is 2.